The SMILES string of the molecule is O=C(CSc1nnc(-c2ccc(O)cc2)n1Cc1ccccc1)Nc1ccccc1Cl. The number of nitrogens with one attached hydrogen (secondary N) is 1. The normalized spacial score (nSPS) is 10.7. The lowest BCUT2D eigenvalue weighted by molar-refractivity contribution is -0.113. The molecule has 0 aliphatic carbocycles. The molecule has 0 aliphatic rings. The highest BCUT2D eigenvalue weighted by Gasteiger charge is 2.16. The van der Waals surface area contributed by atoms with Crippen LogP contribution in [-0.4, -0.2) is 31.5 Å². The Kier molecular flexibility index (Phi) is 6.54. The lowest BCUT2D eigenvalue weighted by Gasteiger charge is -2.11. The number of hydrogen-bond donors (Lipinski definition) is 2. The van der Waals surface area contributed by atoms with Crippen molar-refractivity contribution in [3.05, 3.63) is 89.4 Å². The van der Waals surface area contributed by atoms with Crippen LogP contribution in [0.4, 0.5) is 5.69 Å². The van der Waals surface area contributed by atoms with E-state index < -0.39 is 0 Å². The number of benzene rings is 3. The number of carbonyl (C=O) groups excluding carboxylic acids is 1. The van der Waals surface area contributed by atoms with Gasteiger partial charge in [-0.2, -0.15) is 0 Å². The third-order valence-corrected chi connectivity index (χ3v) is 5.80. The van der Waals surface area contributed by atoms with Gasteiger partial charge in [-0.3, -0.25) is 9.36 Å². The zero-order valence-corrected chi connectivity index (χ0v) is 18.0. The van der Waals surface area contributed by atoms with E-state index >= 15 is 0 Å². The highest BCUT2D eigenvalue weighted by atomic mass is 35.5. The highest BCUT2D eigenvalue weighted by molar-refractivity contribution is 7.99. The van der Waals surface area contributed by atoms with E-state index in [1.54, 1.807) is 36.4 Å². The van der Waals surface area contributed by atoms with Gasteiger partial charge in [0.1, 0.15) is 5.75 Å². The third-order valence-electron chi connectivity index (χ3n) is 4.51. The van der Waals surface area contributed by atoms with Crippen LogP contribution in [0.5, 0.6) is 5.75 Å². The number of aromatic hydroxyl groups is 1. The zero-order chi connectivity index (χ0) is 21.6. The van der Waals surface area contributed by atoms with E-state index in [1.807, 2.05) is 47.0 Å². The molecule has 1 amide bonds. The molecule has 0 spiro atoms. The molecule has 0 saturated heterocycles. The number of para-hydroxylation sites is 1. The summed E-state index contributed by atoms with van der Waals surface area (Å²) in [6.45, 7) is 0.554. The van der Waals surface area contributed by atoms with E-state index in [0.717, 1.165) is 11.1 Å². The Morgan fingerprint density at radius 1 is 0.968 bits per heavy atom. The summed E-state index contributed by atoms with van der Waals surface area (Å²) in [5.41, 5.74) is 2.49. The van der Waals surface area contributed by atoms with Crippen LogP contribution in [0, 0.1) is 0 Å². The van der Waals surface area contributed by atoms with Gasteiger partial charge < -0.3 is 10.4 Å². The number of hydrogen-bond acceptors (Lipinski definition) is 5. The van der Waals surface area contributed by atoms with Crippen molar-refractivity contribution in [3.63, 3.8) is 0 Å². The number of amides is 1. The van der Waals surface area contributed by atoms with Gasteiger partial charge in [-0.05, 0) is 42.0 Å². The van der Waals surface area contributed by atoms with Crippen LogP contribution in [0.2, 0.25) is 5.02 Å². The van der Waals surface area contributed by atoms with E-state index in [9.17, 15) is 9.90 Å². The maximum Gasteiger partial charge on any atom is 0.234 e. The Morgan fingerprint density at radius 3 is 2.42 bits per heavy atom. The second-order valence-corrected chi connectivity index (χ2v) is 8.09. The molecule has 0 atom stereocenters. The smallest absolute Gasteiger partial charge is 0.234 e. The van der Waals surface area contributed by atoms with Crippen molar-refractivity contribution >= 4 is 35.0 Å². The second-order valence-electron chi connectivity index (χ2n) is 6.74. The zero-order valence-electron chi connectivity index (χ0n) is 16.4. The molecular formula is C23H19ClN4O2S. The fourth-order valence-corrected chi connectivity index (χ4v) is 3.93. The maximum atomic E-state index is 12.4. The number of aromatic nitrogens is 3. The Hall–Kier alpha value is -3.29. The van der Waals surface area contributed by atoms with Gasteiger partial charge >= 0.3 is 0 Å². The van der Waals surface area contributed by atoms with Crippen LogP contribution in [0.1, 0.15) is 5.56 Å². The van der Waals surface area contributed by atoms with Gasteiger partial charge in [0, 0.05) is 5.56 Å². The molecule has 1 aromatic heterocycles. The molecule has 0 fully saturated rings. The average molecular weight is 451 g/mol. The molecule has 0 bridgehead atoms. The quantitative estimate of drug-likeness (QED) is 0.384. The number of phenols is 1. The van der Waals surface area contributed by atoms with Gasteiger partial charge in [0.05, 0.1) is 23.0 Å². The molecule has 1 heterocycles. The summed E-state index contributed by atoms with van der Waals surface area (Å²) in [5, 5.41) is 22.2. The molecule has 31 heavy (non-hydrogen) atoms. The molecule has 2 N–H and O–H groups in total. The first-order valence-electron chi connectivity index (χ1n) is 9.54. The van der Waals surface area contributed by atoms with Crippen molar-refractivity contribution in [2.24, 2.45) is 0 Å². The largest absolute Gasteiger partial charge is 0.508 e. The molecule has 156 valence electrons. The fraction of sp³-hybridized carbons (Fsp3) is 0.0870. The highest BCUT2D eigenvalue weighted by Crippen LogP contribution is 2.27. The Morgan fingerprint density at radius 2 is 1.68 bits per heavy atom. The minimum atomic E-state index is -0.182. The summed E-state index contributed by atoms with van der Waals surface area (Å²) in [5.74, 6) is 0.827. The summed E-state index contributed by atoms with van der Waals surface area (Å²) in [4.78, 5) is 12.4. The number of anilines is 1. The molecular weight excluding hydrogens is 432 g/mol. The van der Waals surface area contributed by atoms with Crippen molar-refractivity contribution in [2.75, 3.05) is 11.1 Å². The van der Waals surface area contributed by atoms with Crippen molar-refractivity contribution in [2.45, 2.75) is 11.7 Å². The predicted molar refractivity (Wildman–Crippen MR) is 123 cm³/mol. The Bertz CT molecular complexity index is 1180. The van der Waals surface area contributed by atoms with E-state index in [2.05, 4.69) is 15.5 Å². The summed E-state index contributed by atoms with van der Waals surface area (Å²) in [7, 11) is 0. The van der Waals surface area contributed by atoms with Crippen molar-refractivity contribution in [1.29, 1.82) is 0 Å². The molecule has 4 rings (SSSR count). The van der Waals surface area contributed by atoms with Crippen LogP contribution in [0.15, 0.2) is 84.0 Å². The first-order chi connectivity index (χ1) is 15.1. The number of halogens is 1. The van der Waals surface area contributed by atoms with Crippen LogP contribution in [0.25, 0.3) is 11.4 Å². The Labute approximate surface area is 188 Å². The van der Waals surface area contributed by atoms with Gasteiger partial charge in [0.15, 0.2) is 11.0 Å². The predicted octanol–water partition coefficient (Wildman–Crippen LogP) is 5.08. The van der Waals surface area contributed by atoms with Crippen molar-refractivity contribution in [3.8, 4) is 17.1 Å². The summed E-state index contributed by atoms with van der Waals surface area (Å²) in [6.07, 6.45) is 0. The van der Waals surface area contributed by atoms with E-state index in [4.69, 9.17) is 11.6 Å². The average Bonchev–Trinajstić information content (AvgIpc) is 3.17. The van der Waals surface area contributed by atoms with Gasteiger partial charge in [0.2, 0.25) is 5.91 Å². The molecule has 8 heteroatoms. The van der Waals surface area contributed by atoms with Gasteiger partial charge in [-0.15, -0.1) is 10.2 Å². The summed E-state index contributed by atoms with van der Waals surface area (Å²) >= 11 is 7.42. The van der Waals surface area contributed by atoms with E-state index in [-0.39, 0.29) is 17.4 Å². The standard InChI is InChI=1S/C23H19ClN4O2S/c24-19-8-4-5-9-20(19)25-21(30)15-31-23-27-26-22(17-10-12-18(29)13-11-17)28(23)14-16-6-2-1-3-7-16/h1-13,29H,14-15H2,(H,25,30). The first kappa shape index (κ1) is 21.0. The molecule has 0 aliphatic heterocycles. The molecule has 3 aromatic carbocycles. The van der Waals surface area contributed by atoms with E-state index in [0.29, 0.717) is 28.2 Å². The number of phenolic OH excluding ortho intramolecular Hbond substituents is 1. The van der Waals surface area contributed by atoms with Crippen LogP contribution < -0.4 is 5.32 Å². The molecule has 0 unspecified atom stereocenters. The van der Waals surface area contributed by atoms with Crippen molar-refractivity contribution in [1.82, 2.24) is 14.8 Å². The fourth-order valence-electron chi connectivity index (χ4n) is 3.01. The van der Waals surface area contributed by atoms with Gasteiger partial charge in [-0.1, -0.05) is 65.8 Å². The summed E-state index contributed by atoms with van der Waals surface area (Å²) in [6, 6.07) is 23.9. The molecule has 4 aromatic rings. The van der Waals surface area contributed by atoms with Crippen LogP contribution in [0.3, 0.4) is 0 Å². The molecule has 0 saturated carbocycles. The second kappa shape index (κ2) is 9.68. The Balaban J connectivity index is 1.55. The van der Waals surface area contributed by atoms with Crippen LogP contribution in [-0.2, 0) is 11.3 Å². The van der Waals surface area contributed by atoms with Crippen molar-refractivity contribution < 1.29 is 9.90 Å². The van der Waals surface area contributed by atoms with E-state index in [1.165, 1.54) is 11.8 Å². The number of thioether (sulfide) groups is 1. The maximum absolute atomic E-state index is 12.4. The van der Waals surface area contributed by atoms with Gasteiger partial charge in [-0.25, -0.2) is 0 Å². The third kappa shape index (κ3) is 5.25. The van der Waals surface area contributed by atoms with Gasteiger partial charge in [0.25, 0.3) is 0 Å². The number of rotatable bonds is 7. The summed E-state index contributed by atoms with van der Waals surface area (Å²) < 4.78 is 1.97. The number of carbonyl (C=O) groups is 1. The molecule has 6 nitrogen and oxygen atoms in total. The number of nitrogens with zero attached hydrogens (tertiary/aromatic N) is 3. The molecule has 0 radical (unpaired) electrons. The lowest BCUT2D eigenvalue weighted by atomic mass is 10.2. The minimum absolute atomic E-state index is 0.160. The first-order valence-corrected chi connectivity index (χ1v) is 10.9. The lowest BCUT2D eigenvalue weighted by Crippen LogP contribution is -2.15. The topological polar surface area (TPSA) is 80.0 Å². The monoisotopic (exact) mass is 450 g/mol. The minimum Gasteiger partial charge on any atom is -0.508 e. The van der Waals surface area contributed by atoms with Crippen LogP contribution >= 0.6 is 23.4 Å².